The number of hydrogen-bond acceptors (Lipinski definition) is 3. The Morgan fingerprint density at radius 2 is 1.46 bits per heavy atom. The number of hydrogen-bond donors (Lipinski definition) is 1. The van der Waals surface area contributed by atoms with E-state index in [2.05, 4.69) is 15.5 Å². The van der Waals surface area contributed by atoms with E-state index in [0.717, 1.165) is 22.8 Å². The van der Waals surface area contributed by atoms with Crippen LogP contribution in [-0.2, 0) is 0 Å². The largest absolute Gasteiger partial charge is 0.324 e. The average molecular weight is 381 g/mol. The minimum absolute atomic E-state index is 0.577. The van der Waals surface area contributed by atoms with E-state index in [0.29, 0.717) is 16.0 Å². The predicted molar refractivity (Wildman–Crippen MR) is 107 cm³/mol. The molecule has 0 saturated heterocycles. The highest BCUT2D eigenvalue weighted by molar-refractivity contribution is 6.31. The first-order valence-corrected chi connectivity index (χ1v) is 8.76. The van der Waals surface area contributed by atoms with Crippen molar-refractivity contribution >= 4 is 34.8 Å². The van der Waals surface area contributed by atoms with Crippen molar-refractivity contribution in [3.63, 3.8) is 0 Å². The van der Waals surface area contributed by atoms with E-state index >= 15 is 0 Å². The van der Waals surface area contributed by atoms with Crippen LogP contribution < -0.4 is 5.32 Å². The van der Waals surface area contributed by atoms with Crippen molar-refractivity contribution in [2.75, 3.05) is 5.32 Å². The van der Waals surface area contributed by atoms with Crippen LogP contribution in [0.1, 0.15) is 0 Å². The third-order valence-electron chi connectivity index (χ3n) is 3.84. The quantitative estimate of drug-likeness (QED) is 0.473. The first kappa shape index (κ1) is 16.6. The molecule has 4 nitrogen and oxygen atoms in total. The average Bonchev–Trinajstić information content (AvgIpc) is 3.06. The molecule has 1 aromatic heterocycles. The fraction of sp³-hybridized carbons (Fsp3) is 0. The van der Waals surface area contributed by atoms with Crippen molar-refractivity contribution < 1.29 is 0 Å². The first-order valence-electron chi connectivity index (χ1n) is 8.00. The van der Waals surface area contributed by atoms with Gasteiger partial charge >= 0.3 is 0 Å². The highest BCUT2D eigenvalue weighted by Gasteiger charge is 2.16. The Balaban J connectivity index is 1.85. The smallest absolute Gasteiger partial charge is 0.234 e. The van der Waals surface area contributed by atoms with Gasteiger partial charge in [0.05, 0.1) is 5.69 Å². The van der Waals surface area contributed by atoms with Gasteiger partial charge in [-0.25, -0.2) is 0 Å². The Hall–Kier alpha value is -2.82. The molecule has 1 N–H and O–H groups in total. The van der Waals surface area contributed by atoms with E-state index in [1.165, 1.54) is 0 Å². The van der Waals surface area contributed by atoms with E-state index in [4.69, 9.17) is 23.2 Å². The van der Waals surface area contributed by atoms with Crippen LogP contribution >= 0.6 is 23.2 Å². The Morgan fingerprint density at radius 1 is 0.731 bits per heavy atom. The number of anilines is 2. The lowest BCUT2D eigenvalue weighted by Crippen LogP contribution is -2.03. The summed E-state index contributed by atoms with van der Waals surface area (Å²) in [7, 11) is 0. The van der Waals surface area contributed by atoms with Gasteiger partial charge in [-0.05, 0) is 36.4 Å². The maximum absolute atomic E-state index is 6.20. The maximum Gasteiger partial charge on any atom is 0.234 e. The molecule has 26 heavy (non-hydrogen) atoms. The molecule has 4 aromatic rings. The van der Waals surface area contributed by atoms with Gasteiger partial charge in [0.15, 0.2) is 5.82 Å². The molecule has 0 amide bonds. The molecule has 0 radical (unpaired) electrons. The van der Waals surface area contributed by atoms with Crippen LogP contribution in [0.4, 0.5) is 11.6 Å². The summed E-state index contributed by atoms with van der Waals surface area (Å²) in [5, 5.41) is 13.3. The van der Waals surface area contributed by atoms with E-state index in [9.17, 15) is 0 Å². The molecule has 0 atom stereocenters. The van der Waals surface area contributed by atoms with Crippen LogP contribution in [0, 0.1) is 0 Å². The molecule has 0 saturated carbocycles. The van der Waals surface area contributed by atoms with Gasteiger partial charge in [0, 0.05) is 21.3 Å². The minimum atomic E-state index is 0.577. The highest BCUT2D eigenvalue weighted by Crippen LogP contribution is 2.28. The molecule has 0 bridgehead atoms. The molecule has 6 heteroatoms. The first-order chi connectivity index (χ1) is 12.7. The Kier molecular flexibility index (Phi) is 4.61. The molecular weight excluding hydrogens is 367 g/mol. The lowest BCUT2D eigenvalue weighted by atomic mass is 10.2. The maximum atomic E-state index is 6.20. The number of rotatable bonds is 4. The number of nitrogens with one attached hydrogen (secondary N) is 1. The standard InChI is InChI=1S/C20H14Cl2N4/c21-15-8-4-10-17(12-15)23-20-25-24-19(14-6-2-1-3-7-14)26(20)18-11-5-9-16(22)13-18/h1-13H,(H,23,25). The van der Waals surface area contributed by atoms with E-state index in [1.807, 2.05) is 83.4 Å². The molecule has 0 aliphatic carbocycles. The highest BCUT2D eigenvalue weighted by atomic mass is 35.5. The van der Waals surface area contributed by atoms with Gasteiger partial charge in [-0.2, -0.15) is 0 Å². The number of nitrogens with zero attached hydrogens (tertiary/aromatic N) is 3. The SMILES string of the molecule is Clc1cccc(Nc2nnc(-c3ccccc3)n2-c2cccc(Cl)c2)c1. The third-order valence-corrected chi connectivity index (χ3v) is 4.31. The second-order valence-electron chi connectivity index (χ2n) is 5.66. The lowest BCUT2D eigenvalue weighted by molar-refractivity contribution is 1.07. The molecule has 4 rings (SSSR count). The second kappa shape index (κ2) is 7.20. The van der Waals surface area contributed by atoms with Crippen molar-refractivity contribution in [2.24, 2.45) is 0 Å². The monoisotopic (exact) mass is 380 g/mol. The summed E-state index contributed by atoms with van der Waals surface area (Å²) < 4.78 is 1.93. The summed E-state index contributed by atoms with van der Waals surface area (Å²) >= 11 is 12.3. The molecule has 0 aliphatic heterocycles. The summed E-state index contributed by atoms with van der Waals surface area (Å²) in [6.07, 6.45) is 0. The summed E-state index contributed by atoms with van der Waals surface area (Å²) in [4.78, 5) is 0. The van der Waals surface area contributed by atoms with Crippen molar-refractivity contribution in [2.45, 2.75) is 0 Å². The van der Waals surface area contributed by atoms with E-state index < -0.39 is 0 Å². The zero-order chi connectivity index (χ0) is 17.9. The summed E-state index contributed by atoms with van der Waals surface area (Å²) in [5.41, 5.74) is 2.65. The van der Waals surface area contributed by atoms with Gasteiger partial charge in [-0.1, -0.05) is 65.7 Å². The topological polar surface area (TPSA) is 42.7 Å². The van der Waals surface area contributed by atoms with Crippen LogP contribution in [0.25, 0.3) is 17.1 Å². The van der Waals surface area contributed by atoms with Crippen molar-refractivity contribution in [3.8, 4) is 17.1 Å². The van der Waals surface area contributed by atoms with Crippen molar-refractivity contribution in [1.82, 2.24) is 14.8 Å². The molecule has 0 unspecified atom stereocenters. The predicted octanol–water partition coefficient (Wildman–Crippen LogP) is 5.98. The Bertz CT molecular complexity index is 1040. The fourth-order valence-electron chi connectivity index (χ4n) is 2.69. The number of aromatic nitrogens is 3. The van der Waals surface area contributed by atoms with Crippen molar-refractivity contribution in [3.05, 3.63) is 88.9 Å². The van der Waals surface area contributed by atoms with Crippen LogP contribution in [0.2, 0.25) is 10.0 Å². The van der Waals surface area contributed by atoms with Crippen LogP contribution in [0.5, 0.6) is 0 Å². The molecule has 0 fully saturated rings. The van der Waals surface area contributed by atoms with Crippen LogP contribution in [0.3, 0.4) is 0 Å². The molecule has 3 aromatic carbocycles. The van der Waals surface area contributed by atoms with Crippen molar-refractivity contribution in [1.29, 1.82) is 0 Å². The zero-order valence-corrected chi connectivity index (χ0v) is 15.1. The van der Waals surface area contributed by atoms with Gasteiger partial charge in [-0.3, -0.25) is 4.57 Å². The van der Waals surface area contributed by atoms with E-state index in [1.54, 1.807) is 0 Å². The molecule has 1 heterocycles. The lowest BCUT2D eigenvalue weighted by Gasteiger charge is -2.12. The third kappa shape index (κ3) is 3.43. The van der Waals surface area contributed by atoms with Gasteiger partial charge in [0.2, 0.25) is 5.95 Å². The molecule has 128 valence electrons. The molecule has 0 aliphatic rings. The molecule has 0 spiro atoms. The Morgan fingerprint density at radius 3 is 2.19 bits per heavy atom. The number of benzene rings is 3. The summed E-state index contributed by atoms with van der Waals surface area (Å²) in [5.74, 6) is 1.30. The van der Waals surface area contributed by atoms with Crippen LogP contribution in [-0.4, -0.2) is 14.8 Å². The summed E-state index contributed by atoms with van der Waals surface area (Å²) in [6, 6.07) is 24.9. The molecular formula is C20H14Cl2N4. The van der Waals surface area contributed by atoms with E-state index in [-0.39, 0.29) is 0 Å². The van der Waals surface area contributed by atoms with Crippen LogP contribution in [0.15, 0.2) is 78.9 Å². The van der Waals surface area contributed by atoms with Gasteiger partial charge in [0.1, 0.15) is 0 Å². The Labute approximate surface area is 161 Å². The zero-order valence-electron chi connectivity index (χ0n) is 13.6. The summed E-state index contributed by atoms with van der Waals surface area (Å²) in [6.45, 7) is 0. The van der Waals surface area contributed by atoms with Gasteiger partial charge in [0.25, 0.3) is 0 Å². The minimum Gasteiger partial charge on any atom is -0.324 e. The fourth-order valence-corrected chi connectivity index (χ4v) is 3.07. The number of halogens is 2. The van der Waals surface area contributed by atoms with Gasteiger partial charge in [-0.15, -0.1) is 10.2 Å². The second-order valence-corrected chi connectivity index (χ2v) is 6.54. The van der Waals surface area contributed by atoms with Gasteiger partial charge < -0.3 is 5.32 Å². The normalized spacial score (nSPS) is 10.7.